The number of rotatable bonds is 22. The van der Waals surface area contributed by atoms with Crippen molar-refractivity contribution in [3.8, 4) is 5.75 Å². The van der Waals surface area contributed by atoms with E-state index in [1.54, 1.807) is 0 Å². The van der Waals surface area contributed by atoms with Crippen LogP contribution in [0.2, 0.25) is 0 Å². The van der Waals surface area contributed by atoms with Crippen molar-refractivity contribution in [3.05, 3.63) is 59.4 Å². The zero-order valence-electron chi connectivity index (χ0n) is 24.8. The van der Waals surface area contributed by atoms with Gasteiger partial charge in [-0.05, 0) is 24.5 Å². The number of hydrogen-bond donors (Lipinski definition) is 2. The van der Waals surface area contributed by atoms with Crippen LogP contribution < -0.4 is 15.4 Å². The third kappa shape index (κ3) is 14.7. The highest BCUT2D eigenvalue weighted by Crippen LogP contribution is 2.18. The van der Waals surface area contributed by atoms with Gasteiger partial charge >= 0.3 is 5.97 Å². The number of carbonyl (C=O) groups excluding carboxylic acids is 3. The molecule has 0 saturated heterocycles. The minimum Gasteiger partial charge on any atom is -0.494 e. The third-order valence-electron chi connectivity index (χ3n) is 6.58. The molecule has 9 nitrogen and oxygen atoms in total. The standard InChI is InChI=1S/C32H47N3O6/c1-3-4-5-6-7-8-9-10-11-15-20-40-21-16-19-33-31(37)27-22-28(39-2)30(34-23-27)32(38)35-24-29(36)41-25-26-17-13-12-14-18-26/h12-14,17-18,22-23H,3-11,15-16,19-21,24-25H2,1-2H3,(H,33,37)(H,35,38). The Hall–Kier alpha value is -3.46. The third-order valence-corrected chi connectivity index (χ3v) is 6.58. The summed E-state index contributed by atoms with van der Waals surface area (Å²) >= 11 is 0. The van der Waals surface area contributed by atoms with E-state index in [2.05, 4.69) is 22.5 Å². The first-order valence-electron chi connectivity index (χ1n) is 14.9. The molecule has 0 radical (unpaired) electrons. The molecule has 2 aromatic rings. The number of esters is 1. The summed E-state index contributed by atoms with van der Waals surface area (Å²) in [4.78, 5) is 41.1. The number of amides is 2. The lowest BCUT2D eigenvalue weighted by molar-refractivity contribution is -0.143. The summed E-state index contributed by atoms with van der Waals surface area (Å²) < 4.78 is 16.1. The molecule has 226 valence electrons. The van der Waals surface area contributed by atoms with E-state index in [-0.39, 0.29) is 36.1 Å². The first kappa shape index (κ1) is 33.7. The number of pyridine rings is 1. The lowest BCUT2D eigenvalue weighted by Gasteiger charge is -2.11. The van der Waals surface area contributed by atoms with E-state index in [0.717, 1.165) is 18.6 Å². The van der Waals surface area contributed by atoms with E-state index < -0.39 is 11.9 Å². The summed E-state index contributed by atoms with van der Waals surface area (Å²) in [5.41, 5.74) is 1.09. The fourth-order valence-corrected chi connectivity index (χ4v) is 4.19. The smallest absolute Gasteiger partial charge is 0.325 e. The molecule has 2 N–H and O–H groups in total. The van der Waals surface area contributed by atoms with Gasteiger partial charge in [0.15, 0.2) is 11.4 Å². The highest BCUT2D eigenvalue weighted by atomic mass is 16.5. The summed E-state index contributed by atoms with van der Waals surface area (Å²) in [6.07, 6.45) is 15.0. The van der Waals surface area contributed by atoms with Crippen LogP contribution in [0.5, 0.6) is 5.75 Å². The van der Waals surface area contributed by atoms with Gasteiger partial charge < -0.3 is 24.8 Å². The van der Waals surface area contributed by atoms with Gasteiger partial charge in [0.05, 0.1) is 12.7 Å². The number of carbonyl (C=O) groups is 3. The Labute approximate surface area is 244 Å². The number of benzene rings is 1. The fraction of sp³-hybridized carbons (Fsp3) is 0.562. The maximum atomic E-state index is 12.5. The molecule has 0 bridgehead atoms. The van der Waals surface area contributed by atoms with Crippen molar-refractivity contribution in [3.63, 3.8) is 0 Å². The van der Waals surface area contributed by atoms with Crippen LogP contribution in [0, 0.1) is 0 Å². The monoisotopic (exact) mass is 569 g/mol. The number of hydrogen-bond acceptors (Lipinski definition) is 7. The van der Waals surface area contributed by atoms with Crippen LogP contribution in [0.25, 0.3) is 0 Å². The average Bonchev–Trinajstić information content (AvgIpc) is 3.00. The van der Waals surface area contributed by atoms with Crippen LogP contribution in [0.4, 0.5) is 0 Å². The molecule has 2 amide bonds. The minimum atomic E-state index is -0.606. The van der Waals surface area contributed by atoms with E-state index in [9.17, 15) is 14.4 Å². The molecule has 0 aliphatic carbocycles. The fourth-order valence-electron chi connectivity index (χ4n) is 4.19. The largest absolute Gasteiger partial charge is 0.494 e. The molecule has 41 heavy (non-hydrogen) atoms. The van der Waals surface area contributed by atoms with E-state index in [1.807, 2.05) is 30.3 Å². The zero-order chi connectivity index (χ0) is 29.5. The van der Waals surface area contributed by atoms with Gasteiger partial charge in [0.25, 0.3) is 11.8 Å². The van der Waals surface area contributed by atoms with Crippen LogP contribution in [-0.2, 0) is 20.9 Å². The quantitative estimate of drug-likeness (QED) is 0.140. The zero-order valence-corrected chi connectivity index (χ0v) is 24.8. The van der Waals surface area contributed by atoms with Crippen molar-refractivity contribution in [2.24, 2.45) is 0 Å². The molecular weight excluding hydrogens is 522 g/mol. The Bertz CT molecular complexity index is 1030. The SMILES string of the molecule is CCCCCCCCCCCCOCCCNC(=O)c1cnc(C(=O)NCC(=O)OCc2ccccc2)c(OC)c1. The molecule has 0 atom stereocenters. The van der Waals surface area contributed by atoms with Gasteiger partial charge in [-0.25, -0.2) is 4.98 Å². The van der Waals surface area contributed by atoms with Crippen LogP contribution in [0.15, 0.2) is 42.6 Å². The van der Waals surface area contributed by atoms with Crippen molar-refractivity contribution < 1.29 is 28.6 Å². The van der Waals surface area contributed by atoms with Gasteiger partial charge in [0.1, 0.15) is 13.2 Å². The predicted molar refractivity (Wildman–Crippen MR) is 159 cm³/mol. The van der Waals surface area contributed by atoms with Gasteiger partial charge in [-0.15, -0.1) is 0 Å². The van der Waals surface area contributed by atoms with Crippen LogP contribution in [0.3, 0.4) is 0 Å². The van der Waals surface area contributed by atoms with Crippen molar-refractivity contribution in [2.45, 2.75) is 84.2 Å². The second-order valence-electron chi connectivity index (χ2n) is 10.0. The summed E-state index contributed by atoms with van der Waals surface area (Å²) in [5, 5.41) is 5.31. The number of nitrogens with zero attached hydrogens (tertiary/aromatic N) is 1. The molecule has 0 aliphatic heterocycles. The average molecular weight is 570 g/mol. The van der Waals surface area contributed by atoms with E-state index in [4.69, 9.17) is 14.2 Å². The lowest BCUT2D eigenvalue weighted by Crippen LogP contribution is -2.31. The van der Waals surface area contributed by atoms with Crippen molar-refractivity contribution in [2.75, 3.05) is 33.4 Å². The van der Waals surface area contributed by atoms with E-state index in [1.165, 1.54) is 77.2 Å². The molecule has 0 aliphatic rings. The Morgan fingerprint density at radius 1 is 0.805 bits per heavy atom. The van der Waals surface area contributed by atoms with E-state index >= 15 is 0 Å². The molecule has 0 unspecified atom stereocenters. The summed E-state index contributed by atoms with van der Waals surface area (Å²) in [5.74, 6) is -1.37. The molecule has 1 aromatic heterocycles. The van der Waals surface area contributed by atoms with Gasteiger partial charge in [-0.1, -0.05) is 95.0 Å². The van der Waals surface area contributed by atoms with Crippen molar-refractivity contribution >= 4 is 17.8 Å². The molecular formula is C32H47N3O6. The number of ether oxygens (including phenoxy) is 3. The number of aromatic nitrogens is 1. The van der Waals surface area contributed by atoms with Crippen molar-refractivity contribution in [1.82, 2.24) is 15.6 Å². The van der Waals surface area contributed by atoms with Gasteiger partial charge in [-0.3, -0.25) is 14.4 Å². The summed E-state index contributed by atoms with van der Waals surface area (Å²) in [7, 11) is 1.38. The Balaban J connectivity index is 1.58. The molecule has 1 heterocycles. The van der Waals surface area contributed by atoms with Crippen LogP contribution in [-0.4, -0.2) is 56.2 Å². The molecule has 0 saturated carbocycles. The maximum Gasteiger partial charge on any atom is 0.325 e. The lowest BCUT2D eigenvalue weighted by atomic mass is 10.1. The summed E-state index contributed by atoms with van der Waals surface area (Å²) in [6, 6.07) is 10.7. The maximum absolute atomic E-state index is 12.5. The summed E-state index contributed by atoms with van der Waals surface area (Å²) in [6.45, 7) is 3.85. The number of nitrogens with one attached hydrogen (secondary N) is 2. The number of unbranched alkanes of at least 4 members (excludes halogenated alkanes) is 9. The van der Waals surface area contributed by atoms with Gasteiger partial charge in [0.2, 0.25) is 0 Å². The molecule has 2 rings (SSSR count). The van der Waals surface area contributed by atoms with Gasteiger partial charge in [-0.2, -0.15) is 0 Å². The molecule has 0 fully saturated rings. The van der Waals surface area contributed by atoms with Crippen LogP contribution in [0.1, 0.15) is 104 Å². The van der Waals surface area contributed by atoms with E-state index in [0.29, 0.717) is 19.6 Å². The molecule has 9 heteroatoms. The van der Waals surface area contributed by atoms with Crippen LogP contribution >= 0.6 is 0 Å². The molecule has 1 aromatic carbocycles. The Morgan fingerprint density at radius 3 is 2.15 bits per heavy atom. The Morgan fingerprint density at radius 2 is 1.46 bits per heavy atom. The normalized spacial score (nSPS) is 10.7. The topological polar surface area (TPSA) is 116 Å². The predicted octanol–water partition coefficient (Wildman–Crippen LogP) is 5.62. The first-order chi connectivity index (χ1) is 20.0. The minimum absolute atomic E-state index is 0.0275. The molecule has 0 spiro atoms. The Kier molecular flexibility index (Phi) is 17.5. The number of methoxy groups -OCH3 is 1. The first-order valence-corrected chi connectivity index (χ1v) is 14.9. The second-order valence-corrected chi connectivity index (χ2v) is 10.0. The second kappa shape index (κ2) is 21.3. The van der Waals surface area contributed by atoms with Gasteiger partial charge in [0, 0.05) is 26.0 Å². The van der Waals surface area contributed by atoms with Crippen molar-refractivity contribution in [1.29, 1.82) is 0 Å². The highest BCUT2D eigenvalue weighted by Gasteiger charge is 2.18. The highest BCUT2D eigenvalue weighted by molar-refractivity contribution is 5.99.